The van der Waals surface area contributed by atoms with Crippen LogP contribution < -0.4 is 5.32 Å². The molecular weight excluding hydrogens is 260 g/mol. The van der Waals surface area contributed by atoms with E-state index in [4.69, 9.17) is 0 Å². The van der Waals surface area contributed by atoms with E-state index in [9.17, 15) is 4.79 Å². The monoisotopic (exact) mass is 286 g/mol. The number of allylic oxidation sites excluding steroid dienone is 1. The molecule has 0 aromatic rings. The molecule has 0 aromatic heterocycles. The third-order valence-electron chi connectivity index (χ3n) is 4.36. The Morgan fingerprint density at radius 1 is 1.37 bits per heavy atom. The smallest absolute Gasteiger partial charge is 0.222 e. The number of piperidine rings is 1. The van der Waals surface area contributed by atoms with Crippen LogP contribution in [0.5, 0.6) is 0 Å². The molecule has 19 heavy (non-hydrogen) atoms. The van der Waals surface area contributed by atoms with Gasteiger partial charge in [0.15, 0.2) is 0 Å². The number of nitrogens with one attached hydrogen (secondary N) is 1. The lowest BCUT2D eigenvalue weighted by molar-refractivity contribution is -0.131. The number of carbonyl (C=O) groups is 1. The minimum atomic E-state index is 0. The number of carbonyl (C=O) groups excluding carboxylic acids is 1. The Morgan fingerprint density at radius 3 is 2.58 bits per heavy atom. The first kappa shape index (κ1) is 16.5. The molecule has 2 fully saturated rings. The maximum absolute atomic E-state index is 12.1. The molecule has 3 nitrogen and oxygen atoms in total. The van der Waals surface area contributed by atoms with Gasteiger partial charge in [-0.1, -0.05) is 6.08 Å². The van der Waals surface area contributed by atoms with E-state index in [0.29, 0.717) is 23.9 Å². The van der Waals surface area contributed by atoms with Gasteiger partial charge in [0.25, 0.3) is 0 Å². The summed E-state index contributed by atoms with van der Waals surface area (Å²) < 4.78 is 0. The Hall–Kier alpha value is -0.540. The highest BCUT2D eigenvalue weighted by atomic mass is 35.5. The molecule has 4 heteroatoms. The molecule has 2 heterocycles. The zero-order valence-electron chi connectivity index (χ0n) is 11.9. The number of nitrogens with zero attached hydrogens (tertiary/aromatic N) is 1. The zero-order chi connectivity index (χ0) is 13.0. The van der Waals surface area contributed by atoms with Gasteiger partial charge in [0.2, 0.25) is 5.91 Å². The summed E-state index contributed by atoms with van der Waals surface area (Å²) in [6, 6.07) is 1.38. The lowest BCUT2D eigenvalue weighted by atomic mass is 9.89. The Bertz CT molecular complexity index is 297. The van der Waals surface area contributed by atoms with E-state index >= 15 is 0 Å². The molecule has 110 valence electrons. The number of hydrogen-bond acceptors (Lipinski definition) is 2. The van der Waals surface area contributed by atoms with E-state index in [1.54, 1.807) is 0 Å². The maximum atomic E-state index is 12.1. The van der Waals surface area contributed by atoms with Crippen molar-refractivity contribution in [1.29, 1.82) is 0 Å². The van der Waals surface area contributed by atoms with Crippen molar-refractivity contribution in [2.45, 2.75) is 57.0 Å². The van der Waals surface area contributed by atoms with E-state index in [0.717, 1.165) is 25.8 Å². The molecular formula is C15H27ClN2O. The highest BCUT2D eigenvalue weighted by molar-refractivity contribution is 5.85. The minimum absolute atomic E-state index is 0. The van der Waals surface area contributed by atoms with Gasteiger partial charge in [0.1, 0.15) is 0 Å². The standard InChI is InChI=1S/C15H26N2O.ClH/c1-3-4-5-8-17(2)15(18)11-12-9-13-6-7-14(10-12)16-13;/h3,12-14,16H,1,4-11H2,2H3;1H. The summed E-state index contributed by atoms with van der Waals surface area (Å²) in [6.45, 7) is 4.57. The molecule has 1 amide bonds. The zero-order valence-corrected chi connectivity index (χ0v) is 12.8. The molecule has 2 bridgehead atoms. The first-order valence-corrected chi connectivity index (χ1v) is 7.30. The van der Waals surface area contributed by atoms with Crippen LogP contribution in [-0.4, -0.2) is 36.5 Å². The average molecular weight is 287 g/mol. The van der Waals surface area contributed by atoms with Crippen LogP contribution in [-0.2, 0) is 4.79 Å². The molecule has 1 N–H and O–H groups in total. The van der Waals surface area contributed by atoms with Crippen molar-refractivity contribution in [3.63, 3.8) is 0 Å². The molecule has 2 atom stereocenters. The number of halogens is 1. The topological polar surface area (TPSA) is 32.3 Å². The lowest BCUT2D eigenvalue weighted by Crippen LogP contribution is -2.40. The minimum Gasteiger partial charge on any atom is -0.346 e. The molecule has 2 rings (SSSR count). The summed E-state index contributed by atoms with van der Waals surface area (Å²) in [7, 11) is 1.93. The number of amides is 1. The predicted molar refractivity (Wildman–Crippen MR) is 81.6 cm³/mol. The molecule has 0 spiro atoms. The van der Waals surface area contributed by atoms with Gasteiger partial charge in [-0.15, -0.1) is 19.0 Å². The first-order valence-electron chi connectivity index (χ1n) is 7.30. The fraction of sp³-hybridized carbons (Fsp3) is 0.800. The summed E-state index contributed by atoms with van der Waals surface area (Å²) in [6.07, 6.45) is 9.71. The van der Waals surface area contributed by atoms with Crippen molar-refractivity contribution in [3.05, 3.63) is 12.7 Å². The van der Waals surface area contributed by atoms with Crippen LogP contribution in [0.1, 0.15) is 44.9 Å². The number of unbranched alkanes of at least 4 members (excludes halogenated alkanes) is 1. The van der Waals surface area contributed by atoms with Crippen LogP contribution in [0.2, 0.25) is 0 Å². The van der Waals surface area contributed by atoms with Crippen LogP contribution >= 0.6 is 12.4 Å². The van der Waals surface area contributed by atoms with Crippen molar-refractivity contribution in [1.82, 2.24) is 10.2 Å². The van der Waals surface area contributed by atoms with Gasteiger partial charge in [-0.25, -0.2) is 0 Å². The molecule has 0 saturated carbocycles. The van der Waals surface area contributed by atoms with Crippen LogP contribution in [0.4, 0.5) is 0 Å². The van der Waals surface area contributed by atoms with Crippen molar-refractivity contribution in [2.75, 3.05) is 13.6 Å². The highest BCUT2D eigenvalue weighted by Gasteiger charge is 2.34. The highest BCUT2D eigenvalue weighted by Crippen LogP contribution is 2.32. The Balaban J connectivity index is 0.00000180. The molecule has 2 aliphatic rings. The molecule has 0 aromatic carbocycles. The van der Waals surface area contributed by atoms with Gasteiger partial charge in [0.05, 0.1) is 0 Å². The second kappa shape index (κ2) is 7.91. The first-order chi connectivity index (χ1) is 8.69. The molecule has 2 aliphatic heterocycles. The number of fused-ring (bicyclic) bond motifs is 2. The quantitative estimate of drug-likeness (QED) is 0.601. The summed E-state index contributed by atoms with van der Waals surface area (Å²) in [5, 5.41) is 3.63. The molecule has 0 radical (unpaired) electrons. The van der Waals surface area contributed by atoms with Gasteiger partial charge < -0.3 is 10.2 Å². The van der Waals surface area contributed by atoms with Crippen LogP contribution in [0, 0.1) is 5.92 Å². The SMILES string of the molecule is C=CCCCN(C)C(=O)CC1CC2CCC(C1)N2.Cl. The number of hydrogen-bond donors (Lipinski definition) is 1. The summed E-state index contributed by atoms with van der Waals surface area (Å²) >= 11 is 0. The Labute approximate surface area is 123 Å². The third-order valence-corrected chi connectivity index (χ3v) is 4.36. The van der Waals surface area contributed by atoms with Crippen molar-refractivity contribution in [2.24, 2.45) is 5.92 Å². The van der Waals surface area contributed by atoms with Crippen LogP contribution in [0.3, 0.4) is 0 Å². The fourth-order valence-electron chi connectivity index (χ4n) is 3.34. The van der Waals surface area contributed by atoms with Gasteiger partial charge in [-0.3, -0.25) is 4.79 Å². The van der Waals surface area contributed by atoms with Crippen LogP contribution in [0.25, 0.3) is 0 Å². The summed E-state index contributed by atoms with van der Waals surface area (Å²) in [5.41, 5.74) is 0. The average Bonchev–Trinajstić information content (AvgIpc) is 2.69. The number of rotatable bonds is 6. The van der Waals surface area contributed by atoms with Gasteiger partial charge in [-0.2, -0.15) is 0 Å². The van der Waals surface area contributed by atoms with Crippen molar-refractivity contribution >= 4 is 18.3 Å². The van der Waals surface area contributed by atoms with E-state index < -0.39 is 0 Å². The van der Waals surface area contributed by atoms with E-state index in [1.807, 2.05) is 18.0 Å². The van der Waals surface area contributed by atoms with Gasteiger partial charge in [0, 0.05) is 32.1 Å². The van der Waals surface area contributed by atoms with Crippen molar-refractivity contribution in [3.8, 4) is 0 Å². The Kier molecular flexibility index (Phi) is 6.87. The van der Waals surface area contributed by atoms with Gasteiger partial charge in [-0.05, 0) is 44.4 Å². The normalized spacial score (nSPS) is 28.6. The lowest BCUT2D eigenvalue weighted by Gasteiger charge is -2.30. The largest absolute Gasteiger partial charge is 0.346 e. The van der Waals surface area contributed by atoms with Gasteiger partial charge >= 0.3 is 0 Å². The fourth-order valence-corrected chi connectivity index (χ4v) is 3.34. The van der Waals surface area contributed by atoms with Crippen molar-refractivity contribution < 1.29 is 4.79 Å². The van der Waals surface area contributed by atoms with Crippen LogP contribution in [0.15, 0.2) is 12.7 Å². The second-order valence-electron chi connectivity index (χ2n) is 5.93. The predicted octanol–water partition coefficient (Wildman–Crippen LogP) is 2.75. The van der Waals surface area contributed by atoms with E-state index in [1.165, 1.54) is 25.7 Å². The second-order valence-corrected chi connectivity index (χ2v) is 5.93. The third kappa shape index (κ3) is 4.81. The Morgan fingerprint density at radius 2 is 2.00 bits per heavy atom. The molecule has 0 aliphatic carbocycles. The summed E-state index contributed by atoms with van der Waals surface area (Å²) in [4.78, 5) is 14.0. The maximum Gasteiger partial charge on any atom is 0.222 e. The molecule has 2 unspecified atom stereocenters. The van der Waals surface area contributed by atoms with E-state index in [2.05, 4.69) is 11.9 Å². The summed E-state index contributed by atoms with van der Waals surface area (Å²) in [5.74, 6) is 0.934. The molecule has 2 saturated heterocycles. The van der Waals surface area contributed by atoms with E-state index in [-0.39, 0.29) is 12.4 Å².